The average molecular weight is 400 g/mol. The normalized spacial score (nSPS) is 10.5. The number of ether oxygens (including phenoxy) is 1. The topological polar surface area (TPSA) is 111 Å². The van der Waals surface area contributed by atoms with E-state index in [0.29, 0.717) is 11.1 Å². The predicted molar refractivity (Wildman–Crippen MR) is 103 cm³/mol. The zero-order valence-corrected chi connectivity index (χ0v) is 15.2. The summed E-state index contributed by atoms with van der Waals surface area (Å²) in [7, 11) is 0. The zero-order valence-electron chi connectivity index (χ0n) is 14.4. The maximum atomic E-state index is 12.1. The highest BCUT2D eigenvalue weighted by molar-refractivity contribution is 6.33. The molecule has 0 unspecified atom stereocenters. The van der Waals surface area contributed by atoms with E-state index in [2.05, 4.69) is 10.3 Å². The molecule has 0 spiro atoms. The molecule has 3 aromatic rings. The van der Waals surface area contributed by atoms with E-state index in [1.54, 1.807) is 18.3 Å². The van der Waals surface area contributed by atoms with Crippen molar-refractivity contribution in [3.05, 3.63) is 75.4 Å². The predicted octanol–water partition coefficient (Wildman–Crippen LogP) is 3.52. The SMILES string of the molecule is O=C(COC(=O)Cc1cccc2cccnc12)Nc1cc([N+](=O)[O-])ccc1Cl. The van der Waals surface area contributed by atoms with E-state index in [4.69, 9.17) is 16.3 Å². The lowest BCUT2D eigenvalue weighted by Crippen LogP contribution is -2.22. The van der Waals surface area contributed by atoms with Crippen molar-refractivity contribution in [3.8, 4) is 0 Å². The van der Waals surface area contributed by atoms with Gasteiger partial charge in [0.25, 0.3) is 11.6 Å². The van der Waals surface area contributed by atoms with Gasteiger partial charge in [-0.05, 0) is 17.7 Å². The van der Waals surface area contributed by atoms with Gasteiger partial charge in [0, 0.05) is 23.7 Å². The molecule has 142 valence electrons. The molecule has 8 nitrogen and oxygen atoms in total. The Bertz CT molecular complexity index is 1070. The summed E-state index contributed by atoms with van der Waals surface area (Å²) < 4.78 is 4.99. The molecule has 0 fully saturated rings. The van der Waals surface area contributed by atoms with Crippen molar-refractivity contribution in [2.75, 3.05) is 11.9 Å². The number of rotatable bonds is 6. The number of esters is 1. The number of nitrogens with zero attached hydrogens (tertiary/aromatic N) is 2. The van der Waals surface area contributed by atoms with Gasteiger partial charge in [0.15, 0.2) is 6.61 Å². The van der Waals surface area contributed by atoms with Crippen molar-refractivity contribution >= 4 is 45.8 Å². The Morgan fingerprint density at radius 2 is 1.96 bits per heavy atom. The van der Waals surface area contributed by atoms with Gasteiger partial charge in [0.05, 0.1) is 27.6 Å². The third kappa shape index (κ3) is 4.60. The van der Waals surface area contributed by atoms with Gasteiger partial charge < -0.3 is 10.1 Å². The molecule has 9 heteroatoms. The number of non-ortho nitro benzene ring substituents is 1. The van der Waals surface area contributed by atoms with Crippen molar-refractivity contribution in [1.29, 1.82) is 0 Å². The van der Waals surface area contributed by atoms with Crippen LogP contribution >= 0.6 is 11.6 Å². The summed E-state index contributed by atoms with van der Waals surface area (Å²) in [5.74, 6) is -1.26. The molecule has 28 heavy (non-hydrogen) atoms. The molecule has 0 aliphatic rings. The highest BCUT2D eigenvalue weighted by Crippen LogP contribution is 2.26. The molecule has 1 heterocycles. The molecule has 1 amide bonds. The van der Waals surface area contributed by atoms with Gasteiger partial charge >= 0.3 is 5.97 Å². The second-order valence-electron chi connectivity index (χ2n) is 5.80. The first-order valence-corrected chi connectivity index (χ1v) is 8.54. The summed E-state index contributed by atoms with van der Waals surface area (Å²) in [6.07, 6.45) is 1.59. The van der Waals surface area contributed by atoms with E-state index < -0.39 is 23.4 Å². The van der Waals surface area contributed by atoms with E-state index in [1.807, 2.05) is 18.2 Å². The number of halogens is 1. The first kappa shape index (κ1) is 19.2. The van der Waals surface area contributed by atoms with E-state index in [9.17, 15) is 19.7 Å². The lowest BCUT2D eigenvalue weighted by atomic mass is 10.1. The average Bonchev–Trinajstić information content (AvgIpc) is 2.68. The van der Waals surface area contributed by atoms with Crippen LogP contribution in [0, 0.1) is 10.1 Å². The smallest absolute Gasteiger partial charge is 0.310 e. The molecule has 1 N–H and O–H groups in total. The van der Waals surface area contributed by atoms with Crippen LogP contribution in [0.3, 0.4) is 0 Å². The molecular weight excluding hydrogens is 386 g/mol. The van der Waals surface area contributed by atoms with Crippen LogP contribution in [0.1, 0.15) is 5.56 Å². The second kappa shape index (κ2) is 8.45. The molecule has 0 bridgehead atoms. The quantitative estimate of drug-likeness (QED) is 0.385. The fourth-order valence-corrected chi connectivity index (χ4v) is 2.74. The number of carbonyl (C=O) groups is 2. The highest BCUT2D eigenvalue weighted by atomic mass is 35.5. The number of nitro groups is 1. The summed E-state index contributed by atoms with van der Waals surface area (Å²) in [6, 6.07) is 12.8. The summed E-state index contributed by atoms with van der Waals surface area (Å²) in [4.78, 5) is 38.5. The summed E-state index contributed by atoms with van der Waals surface area (Å²) in [5.41, 5.74) is 1.22. The van der Waals surface area contributed by atoms with E-state index >= 15 is 0 Å². The van der Waals surface area contributed by atoms with Gasteiger partial charge in [-0.15, -0.1) is 0 Å². The van der Waals surface area contributed by atoms with Gasteiger partial charge in [-0.2, -0.15) is 0 Å². The standard InChI is InChI=1S/C19H14ClN3O5/c20-15-7-6-14(23(26)27)10-16(15)22-17(24)11-28-18(25)9-13-4-1-3-12-5-2-8-21-19(12)13/h1-8,10H,9,11H2,(H,22,24). The number of benzene rings is 2. The van der Waals surface area contributed by atoms with Crippen LogP contribution in [0.5, 0.6) is 0 Å². The molecule has 0 aliphatic carbocycles. The minimum absolute atomic E-state index is 0.0425. The number of carbonyl (C=O) groups excluding carboxylic acids is 2. The van der Waals surface area contributed by atoms with Gasteiger partial charge in [0.2, 0.25) is 0 Å². The van der Waals surface area contributed by atoms with Gasteiger partial charge in [-0.25, -0.2) is 0 Å². The van der Waals surface area contributed by atoms with Crippen LogP contribution < -0.4 is 5.32 Å². The first-order chi connectivity index (χ1) is 13.4. The maximum Gasteiger partial charge on any atom is 0.310 e. The molecule has 0 saturated heterocycles. The Kier molecular flexibility index (Phi) is 5.81. The van der Waals surface area contributed by atoms with Crippen LogP contribution in [-0.2, 0) is 20.7 Å². The molecule has 1 aromatic heterocycles. The van der Waals surface area contributed by atoms with Gasteiger partial charge in [-0.1, -0.05) is 35.9 Å². The number of para-hydroxylation sites is 1. The number of hydrogen-bond acceptors (Lipinski definition) is 6. The Balaban J connectivity index is 1.59. The molecular formula is C19H14ClN3O5. The summed E-state index contributed by atoms with van der Waals surface area (Å²) in [6.45, 7) is -0.546. The Morgan fingerprint density at radius 1 is 1.18 bits per heavy atom. The number of fused-ring (bicyclic) bond motifs is 1. The summed E-state index contributed by atoms with van der Waals surface area (Å²) >= 11 is 5.92. The third-order valence-corrected chi connectivity index (χ3v) is 4.18. The van der Waals surface area contributed by atoms with E-state index in [-0.39, 0.29) is 22.8 Å². The molecule has 3 rings (SSSR count). The van der Waals surface area contributed by atoms with Crippen molar-refractivity contribution in [2.45, 2.75) is 6.42 Å². The Morgan fingerprint density at radius 3 is 2.75 bits per heavy atom. The lowest BCUT2D eigenvalue weighted by Gasteiger charge is -2.09. The Hall–Kier alpha value is -3.52. The summed E-state index contributed by atoms with van der Waals surface area (Å²) in [5, 5.41) is 14.2. The fourth-order valence-electron chi connectivity index (χ4n) is 2.57. The van der Waals surface area contributed by atoms with Crippen LogP contribution in [0.2, 0.25) is 5.02 Å². The monoisotopic (exact) mass is 399 g/mol. The number of amides is 1. The maximum absolute atomic E-state index is 12.1. The second-order valence-corrected chi connectivity index (χ2v) is 6.21. The fraction of sp³-hybridized carbons (Fsp3) is 0.105. The van der Waals surface area contributed by atoms with Gasteiger partial charge in [0.1, 0.15) is 0 Å². The van der Waals surface area contributed by atoms with E-state index in [0.717, 1.165) is 11.5 Å². The van der Waals surface area contributed by atoms with Crippen LogP contribution in [0.25, 0.3) is 10.9 Å². The van der Waals surface area contributed by atoms with Crippen molar-refractivity contribution in [2.24, 2.45) is 0 Å². The largest absolute Gasteiger partial charge is 0.455 e. The highest BCUT2D eigenvalue weighted by Gasteiger charge is 2.14. The van der Waals surface area contributed by atoms with E-state index in [1.165, 1.54) is 12.1 Å². The first-order valence-electron chi connectivity index (χ1n) is 8.16. The van der Waals surface area contributed by atoms with Crippen molar-refractivity contribution in [1.82, 2.24) is 4.98 Å². The molecule has 0 atom stereocenters. The van der Waals surface area contributed by atoms with Crippen LogP contribution in [-0.4, -0.2) is 28.4 Å². The number of pyridine rings is 1. The molecule has 2 aromatic carbocycles. The molecule has 0 aliphatic heterocycles. The number of nitro benzene ring substituents is 1. The molecule has 0 saturated carbocycles. The third-order valence-electron chi connectivity index (χ3n) is 3.85. The number of hydrogen-bond donors (Lipinski definition) is 1. The van der Waals surface area contributed by atoms with Gasteiger partial charge in [-0.3, -0.25) is 24.7 Å². The number of anilines is 1. The van der Waals surface area contributed by atoms with Crippen LogP contribution in [0.15, 0.2) is 54.7 Å². The van der Waals surface area contributed by atoms with Crippen molar-refractivity contribution < 1.29 is 19.2 Å². The Labute approximate surface area is 164 Å². The minimum atomic E-state index is -0.660. The number of nitrogens with one attached hydrogen (secondary N) is 1. The zero-order chi connectivity index (χ0) is 20.1. The number of aromatic nitrogens is 1. The lowest BCUT2D eigenvalue weighted by molar-refractivity contribution is -0.384. The minimum Gasteiger partial charge on any atom is -0.455 e. The van der Waals surface area contributed by atoms with Crippen LogP contribution in [0.4, 0.5) is 11.4 Å². The van der Waals surface area contributed by atoms with Crippen molar-refractivity contribution in [3.63, 3.8) is 0 Å². The molecule has 0 radical (unpaired) electrons.